The van der Waals surface area contributed by atoms with Crippen molar-refractivity contribution in [3.63, 3.8) is 0 Å². The molecule has 0 bridgehead atoms. The van der Waals surface area contributed by atoms with Gasteiger partial charge < -0.3 is 5.73 Å². The van der Waals surface area contributed by atoms with Gasteiger partial charge in [0.2, 0.25) is 0 Å². The van der Waals surface area contributed by atoms with Crippen molar-refractivity contribution in [1.82, 2.24) is 0 Å². The monoisotopic (exact) mass is 186 g/mol. The maximum absolute atomic E-state index is 5.75. The van der Waals surface area contributed by atoms with Crippen molar-refractivity contribution in [2.45, 2.75) is 31.4 Å². The van der Waals surface area contributed by atoms with Crippen molar-refractivity contribution >= 4 is 17.6 Å². The van der Waals surface area contributed by atoms with Crippen LogP contribution in [0.1, 0.15) is 26.2 Å². The molecule has 0 aromatic rings. The Bertz CT molecular complexity index is 164. The summed E-state index contributed by atoms with van der Waals surface area (Å²) in [5.41, 5.74) is 5.75. The summed E-state index contributed by atoms with van der Waals surface area (Å²) >= 11 is 1.89. The molecule has 70 valence electrons. The molecule has 0 aromatic carbocycles. The minimum absolute atomic E-state index is 0.634. The first-order chi connectivity index (χ1) is 5.74. The first-order valence-corrected chi connectivity index (χ1v) is 5.85. The van der Waals surface area contributed by atoms with Gasteiger partial charge in [0.1, 0.15) is 0 Å². The molecule has 2 N–H and O–H groups in total. The van der Waals surface area contributed by atoms with Gasteiger partial charge in [-0.15, -0.1) is 0 Å². The van der Waals surface area contributed by atoms with Crippen LogP contribution in [0.4, 0.5) is 0 Å². The van der Waals surface area contributed by atoms with Gasteiger partial charge in [0.05, 0.1) is 5.84 Å². The molecule has 1 rings (SSSR count). The first-order valence-electron chi connectivity index (χ1n) is 4.56. The fourth-order valence-electron chi connectivity index (χ4n) is 1.00. The average Bonchev–Trinajstić information content (AvgIpc) is 2.86. The van der Waals surface area contributed by atoms with Crippen LogP contribution in [-0.2, 0) is 0 Å². The molecule has 1 fully saturated rings. The molecule has 0 saturated heterocycles. The van der Waals surface area contributed by atoms with E-state index in [1.54, 1.807) is 0 Å². The second-order valence-corrected chi connectivity index (χ2v) is 4.69. The molecule has 1 aliphatic carbocycles. The van der Waals surface area contributed by atoms with E-state index in [9.17, 15) is 0 Å². The highest BCUT2D eigenvalue weighted by molar-refractivity contribution is 7.99. The summed E-state index contributed by atoms with van der Waals surface area (Å²) in [4.78, 5) is 4.36. The smallest absolute Gasteiger partial charge is 0.0968 e. The van der Waals surface area contributed by atoms with Gasteiger partial charge >= 0.3 is 0 Å². The molecular formula is C9H18N2S. The Morgan fingerprint density at radius 3 is 2.83 bits per heavy atom. The Hall–Kier alpha value is -0.180. The van der Waals surface area contributed by atoms with Gasteiger partial charge in [0.25, 0.3) is 0 Å². The molecule has 1 unspecified atom stereocenters. The van der Waals surface area contributed by atoms with E-state index in [4.69, 9.17) is 5.73 Å². The first kappa shape index (κ1) is 9.90. The van der Waals surface area contributed by atoms with E-state index in [-0.39, 0.29) is 0 Å². The minimum atomic E-state index is 0.634. The summed E-state index contributed by atoms with van der Waals surface area (Å²) in [5.74, 6) is 1.53. The van der Waals surface area contributed by atoms with Crippen LogP contribution in [0, 0.1) is 5.92 Å². The lowest BCUT2D eigenvalue weighted by Crippen LogP contribution is -2.15. The molecule has 12 heavy (non-hydrogen) atoms. The highest BCUT2D eigenvalue weighted by Crippen LogP contribution is 2.28. The number of nitrogens with two attached hydrogens (primary N) is 1. The number of amidine groups is 1. The number of aliphatic imine (C=N–C) groups is 1. The van der Waals surface area contributed by atoms with Crippen molar-refractivity contribution in [2.24, 2.45) is 16.6 Å². The van der Waals surface area contributed by atoms with Crippen LogP contribution in [0.5, 0.6) is 0 Å². The lowest BCUT2D eigenvalue weighted by Gasteiger charge is -2.04. The Kier molecular flexibility index (Phi) is 3.92. The summed E-state index contributed by atoms with van der Waals surface area (Å²) in [6, 6.07) is 0. The highest BCUT2D eigenvalue weighted by atomic mass is 32.2. The second kappa shape index (κ2) is 4.75. The van der Waals surface area contributed by atoms with E-state index in [1.165, 1.54) is 12.8 Å². The van der Waals surface area contributed by atoms with Crippen molar-refractivity contribution in [3.8, 4) is 0 Å². The Morgan fingerprint density at radius 1 is 1.67 bits per heavy atom. The largest absolute Gasteiger partial charge is 0.387 e. The zero-order chi connectivity index (χ0) is 8.97. The van der Waals surface area contributed by atoms with Crippen LogP contribution in [0.3, 0.4) is 0 Å². The minimum Gasteiger partial charge on any atom is -0.387 e. The van der Waals surface area contributed by atoms with Crippen LogP contribution >= 0.6 is 11.8 Å². The van der Waals surface area contributed by atoms with Crippen LogP contribution in [-0.4, -0.2) is 23.9 Å². The lowest BCUT2D eigenvalue weighted by atomic mass is 10.3. The van der Waals surface area contributed by atoms with E-state index in [0.29, 0.717) is 11.2 Å². The standard InChI is InChI=1S/C9H18N2S/c1-7(12-2)5-6-11-9(10)8-3-4-8/h7-8H,3-6H2,1-2H3,(H2,10,11). The van der Waals surface area contributed by atoms with Gasteiger partial charge in [-0.3, -0.25) is 4.99 Å². The molecular weight excluding hydrogens is 168 g/mol. The van der Waals surface area contributed by atoms with E-state index in [0.717, 1.165) is 18.8 Å². The van der Waals surface area contributed by atoms with E-state index >= 15 is 0 Å². The van der Waals surface area contributed by atoms with Gasteiger partial charge in [-0.25, -0.2) is 0 Å². The fourth-order valence-corrected chi connectivity index (χ4v) is 1.34. The van der Waals surface area contributed by atoms with Crippen molar-refractivity contribution in [2.75, 3.05) is 12.8 Å². The summed E-state index contributed by atoms with van der Waals surface area (Å²) in [6.07, 6.45) is 5.80. The maximum atomic E-state index is 5.75. The quantitative estimate of drug-likeness (QED) is 0.526. The zero-order valence-electron chi connectivity index (χ0n) is 7.92. The van der Waals surface area contributed by atoms with Gasteiger partial charge in [-0.1, -0.05) is 6.92 Å². The summed E-state index contributed by atoms with van der Waals surface area (Å²) in [7, 11) is 0. The summed E-state index contributed by atoms with van der Waals surface area (Å²) in [6.45, 7) is 3.14. The lowest BCUT2D eigenvalue weighted by molar-refractivity contribution is 0.820. The number of thioether (sulfide) groups is 1. The van der Waals surface area contributed by atoms with Gasteiger partial charge in [-0.2, -0.15) is 11.8 Å². The maximum Gasteiger partial charge on any atom is 0.0968 e. The zero-order valence-corrected chi connectivity index (χ0v) is 8.73. The van der Waals surface area contributed by atoms with E-state index in [2.05, 4.69) is 18.2 Å². The van der Waals surface area contributed by atoms with Crippen LogP contribution < -0.4 is 5.73 Å². The Labute approximate surface area is 79.0 Å². The van der Waals surface area contributed by atoms with Crippen molar-refractivity contribution < 1.29 is 0 Å². The summed E-state index contributed by atoms with van der Waals surface area (Å²) < 4.78 is 0. The molecule has 0 aromatic heterocycles. The third-order valence-electron chi connectivity index (χ3n) is 2.23. The van der Waals surface area contributed by atoms with Crippen LogP contribution in [0.2, 0.25) is 0 Å². The molecule has 0 amide bonds. The van der Waals surface area contributed by atoms with Gasteiger partial charge in [0, 0.05) is 17.7 Å². The third-order valence-corrected chi connectivity index (χ3v) is 3.27. The van der Waals surface area contributed by atoms with Gasteiger partial charge in [-0.05, 0) is 25.5 Å². The number of rotatable bonds is 5. The molecule has 0 spiro atoms. The third kappa shape index (κ3) is 3.48. The Balaban J connectivity index is 2.10. The molecule has 0 radical (unpaired) electrons. The Morgan fingerprint density at radius 2 is 2.33 bits per heavy atom. The van der Waals surface area contributed by atoms with Crippen molar-refractivity contribution in [1.29, 1.82) is 0 Å². The molecule has 1 aliphatic rings. The fraction of sp³-hybridized carbons (Fsp3) is 0.889. The highest BCUT2D eigenvalue weighted by Gasteiger charge is 2.24. The molecule has 3 heteroatoms. The van der Waals surface area contributed by atoms with Crippen LogP contribution in [0.15, 0.2) is 4.99 Å². The number of hydrogen-bond donors (Lipinski definition) is 1. The van der Waals surface area contributed by atoms with E-state index in [1.807, 2.05) is 11.8 Å². The normalized spacial score (nSPS) is 21.0. The molecule has 0 aliphatic heterocycles. The number of hydrogen-bond acceptors (Lipinski definition) is 2. The average molecular weight is 186 g/mol. The molecule has 1 saturated carbocycles. The molecule has 0 heterocycles. The number of nitrogens with zero attached hydrogens (tertiary/aromatic N) is 1. The predicted octanol–water partition coefficient (Wildman–Crippen LogP) is 1.90. The van der Waals surface area contributed by atoms with Gasteiger partial charge in [0.15, 0.2) is 0 Å². The summed E-state index contributed by atoms with van der Waals surface area (Å²) in [5, 5.41) is 0.709. The molecule has 1 atom stereocenters. The molecule has 2 nitrogen and oxygen atoms in total. The van der Waals surface area contributed by atoms with E-state index < -0.39 is 0 Å². The van der Waals surface area contributed by atoms with Crippen molar-refractivity contribution in [3.05, 3.63) is 0 Å². The topological polar surface area (TPSA) is 38.4 Å². The SMILES string of the molecule is CSC(C)CCN=C(N)C1CC1. The predicted molar refractivity (Wildman–Crippen MR) is 56.8 cm³/mol. The van der Waals surface area contributed by atoms with Crippen LogP contribution in [0.25, 0.3) is 0 Å². The second-order valence-electron chi connectivity index (χ2n) is 3.42.